The van der Waals surface area contributed by atoms with Crippen LogP contribution in [0.15, 0.2) is 42.5 Å². The molecule has 0 fully saturated rings. The molecule has 0 bridgehead atoms. The normalized spacial score (nSPS) is 12.7. The Labute approximate surface area is 164 Å². The first-order valence-electron chi connectivity index (χ1n) is 8.11. The number of ether oxygens (including phenoxy) is 1. The van der Waals surface area contributed by atoms with Gasteiger partial charge in [0.2, 0.25) is 0 Å². The average molecular weight is 400 g/mol. The van der Waals surface area contributed by atoms with Crippen LogP contribution in [0.4, 0.5) is 11.4 Å². The summed E-state index contributed by atoms with van der Waals surface area (Å²) < 4.78 is 5.38. The van der Waals surface area contributed by atoms with E-state index in [1.54, 1.807) is 30.3 Å². The molecule has 0 spiro atoms. The number of benzene rings is 2. The Bertz CT molecular complexity index is 1050. The number of rotatable bonds is 3. The third-order valence-corrected chi connectivity index (χ3v) is 5.20. The maximum Gasteiger partial charge on any atom is 0.275 e. The third kappa shape index (κ3) is 3.65. The molecule has 2 amide bonds. The van der Waals surface area contributed by atoms with E-state index in [1.807, 2.05) is 19.1 Å². The minimum atomic E-state index is -0.316. The van der Waals surface area contributed by atoms with Crippen molar-refractivity contribution in [1.82, 2.24) is 4.98 Å². The van der Waals surface area contributed by atoms with Gasteiger partial charge in [-0.15, -0.1) is 11.3 Å². The lowest BCUT2D eigenvalue weighted by molar-refractivity contribution is -0.118. The van der Waals surface area contributed by atoms with Crippen LogP contribution in [-0.4, -0.2) is 23.4 Å². The van der Waals surface area contributed by atoms with Crippen LogP contribution >= 0.6 is 22.9 Å². The average Bonchev–Trinajstić information content (AvgIpc) is 3.04. The largest absolute Gasteiger partial charge is 0.482 e. The van der Waals surface area contributed by atoms with Gasteiger partial charge in [0.05, 0.1) is 15.6 Å². The number of nitrogens with one attached hydrogen (secondary N) is 2. The summed E-state index contributed by atoms with van der Waals surface area (Å²) in [5.74, 6) is -0.00582. The van der Waals surface area contributed by atoms with Crippen LogP contribution < -0.4 is 15.4 Å². The fourth-order valence-electron chi connectivity index (χ4n) is 2.72. The number of fused-ring (bicyclic) bond motifs is 1. The summed E-state index contributed by atoms with van der Waals surface area (Å²) in [5, 5.41) is 6.98. The fourth-order valence-corrected chi connectivity index (χ4v) is 3.77. The zero-order valence-electron chi connectivity index (χ0n) is 14.2. The van der Waals surface area contributed by atoms with Crippen LogP contribution in [0.2, 0.25) is 5.02 Å². The van der Waals surface area contributed by atoms with Gasteiger partial charge in [-0.2, -0.15) is 0 Å². The summed E-state index contributed by atoms with van der Waals surface area (Å²) in [4.78, 5) is 29.3. The van der Waals surface area contributed by atoms with E-state index in [-0.39, 0.29) is 18.4 Å². The van der Waals surface area contributed by atoms with Crippen molar-refractivity contribution >= 4 is 46.1 Å². The van der Waals surface area contributed by atoms with Crippen molar-refractivity contribution in [3.05, 3.63) is 58.2 Å². The molecule has 0 unspecified atom stereocenters. The minimum Gasteiger partial charge on any atom is -0.482 e. The molecule has 2 N–H and O–H groups in total. The Morgan fingerprint density at radius 2 is 2.04 bits per heavy atom. The van der Waals surface area contributed by atoms with Crippen molar-refractivity contribution in [2.75, 3.05) is 17.2 Å². The highest BCUT2D eigenvalue weighted by atomic mass is 35.5. The Balaban J connectivity index is 1.61. The molecule has 27 heavy (non-hydrogen) atoms. The third-order valence-electron chi connectivity index (χ3n) is 3.93. The first-order chi connectivity index (χ1) is 13.0. The number of hydrogen-bond donors (Lipinski definition) is 2. The molecule has 0 saturated carbocycles. The van der Waals surface area contributed by atoms with Crippen molar-refractivity contribution in [2.45, 2.75) is 6.92 Å². The molecule has 1 aliphatic rings. The van der Waals surface area contributed by atoms with Crippen molar-refractivity contribution in [3.8, 4) is 16.2 Å². The molecule has 3 aromatic rings. The maximum absolute atomic E-state index is 12.8. The number of hydrogen-bond acceptors (Lipinski definition) is 5. The van der Waals surface area contributed by atoms with Gasteiger partial charge in [0.25, 0.3) is 11.8 Å². The van der Waals surface area contributed by atoms with E-state index < -0.39 is 0 Å². The van der Waals surface area contributed by atoms with Crippen molar-refractivity contribution in [2.24, 2.45) is 0 Å². The Morgan fingerprint density at radius 3 is 2.81 bits per heavy atom. The van der Waals surface area contributed by atoms with Crippen LogP contribution in [0.25, 0.3) is 10.4 Å². The van der Waals surface area contributed by atoms with E-state index >= 15 is 0 Å². The fraction of sp³-hybridized carbons (Fsp3) is 0.105. The lowest BCUT2D eigenvalue weighted by Crippen LogP contribution is -2.25. The topological polar surface area (TPSA) is 80.3 Å². The summed E-state index contributed by atoms with van der Waals surface area (Å²) in [6.45, 7) is 1.81. The molecule has 1 aliphatic heterocycles. The van der Waals surface area contributed by atoms with Gasteiger partial charge in [0.15, 0.2) is 6.61 Å². The van der Waals surface area contributed by atoms with Crippen LogP contribution in [-0.2, 0) is 4.79 Å². The molecule has 0 aliphatic carbocycles. The molecule has 0 saturated heterocycles. The molecule has 8 heteroatoms. The maximum atomic E-state index is 12.8. The molecular formula is C19H14ClN3O3S. The van der Waals surface area contributed by atoms with Gasteiger partial charge in [0, 0.05) is 16.8 Å². The van der Waals surface area contributed by atoms with Gasteiger partial charge in [-0.3, -0.25) is 9.59 Å². The van der Waals surface area contributed by atoms with E-state index in [0.717, 1.165) is 15.4 Å². The number of halogens is 1. The number of amides is 2. The predicted molar refractivity (Wildman–Crippen MR) is 106 cm³/mol. The van der Waals surface area contributed by atoms with Gasteiger partial charge >= 0.3 is 0 Å². The van der Waals surface area contributed by atoms with E-state index in [2.05, 4.69) is 15.6 Å². The second-order valence-electron chi connectivity index (χ2n) is 5.92. The second kappa shape index (κ2) is 7.02. The molecule has 0 radical (unpaired) electrons. The molecule has 2 aromatic carbocycles. The van der Waals surface area contributed by atoms with Crippen molar-refractivity contribution < 1.29 is 14.3 Å². The smallest absolute Gasteiger partial charge is 0.275 e. The molecule has 1 aromatic heterocycles. The quantitative estimate of drug-likeness (QED) is 0.685. The number of carbonyl (C=O) groups is 2. The highest BCUT2D eigenvalue weighted by Crippen LogP contribution is 2.33. The van der Waals surface area contributed by atoms with E-state index in [0.29, 0.717) is 27.8 Å². The van der Waals surface area contributed by atoms with Crippen molar-refractivity contribution in [3.63, 3.8) is 0 Å². The Kier molecular flexibility index (Phi) is 4.55. The lowest BCUT2D eigenvalue weighted by Gasteiger charge is -2.18. The van der Waals surface area contributed by atoms with Crippen LogP contribution in [0, 0.1) is 6.92 Å². The number of anilines is 2. The number of carbonyl (C=O) groups excluding carboxylic acids is 2. The SMILES string of the molecule is Cc1nc(C(=O)Nc2ccc3c(c2)OCC(=O)N3)c(-c2ccc(Cl)cc2)s1. The number of aryl methyl sites for hydroxylation is 1. The van der Waals surface area contributed by atoms with Crippen LogP contribution in [0.1, 0.15) is 15.5 Å². The molecule has 2 heterocycles. The number of nitrogens with zero attached hydrogens (tertiary/aromatic N) is 1. The monoisotopic (exact) mass is 399 g/mol. The summed E-state index contributed by atoms with van der Waals surface area (Å²) in [6, 6.07) is 12.4. The second-order valence-corrected chi connectivity index (χ2v) is 7.56. The lowest BCUT2D eigenvalue weighted by atomic mass is 10.1. The summed E-state index contributed by atoms with van der Waals surface area (Å²) >= 11 is 7.40. The molecule has 0 atom stereocenters. The van der Waals surface area contributed by atoms with Crippen LogP contribution in [0.3, 0.4) is 0 Å². The van der Waals surface area contributed by atoms with E-state index in [9.17, 15) is 9.59 Å². The van der Waals surface area contributed by atoms with Crippen molar-refractivity contribution in [1.29, 1.82) is 0 Å². The predicted octanol–water partition coefficient (Wildman–Crippen LogP) is 4.36. The zero-order valence-corrected chi connectivity index (χ0v) is 15.8. The number of aromatic nitrogens is 1. The van der Waals surface area contributed by atoms with E-state index in [1.165, 1.54) is 11.3 Å². The highest BCUT2D eigenvalue weighted by molar-refractivity contribution is 7.15. The van der Waals surface area contributed by atoms with Gasteiger partial charge in [-0.1, -0.05) is 23.7 Å². The van der Waals surface area contributed by atoms with Gasteiger partial charge < -0.3 is 15.4 Å². The first-order valence-corrected chi connectivity index (χ1v) is 9.30. The van der Waals surface area contributed by atoms with Gasteiger partial charge in [-0.05, 0) is 36.8 Å². The Morgan fingerprint density at radius 1 is 1.26 bits per heavy atom. The molecule has 4 rings (SSSR count). The highest BCUT2D eigenvalue weighted by Gasteiger charge is 2.20. The molecule has 6 nitrogen and oxygen atoms in total. The van der Waals surface area contributed by atoms with Crippen LogP contribution in [0.5, 0.6) is 5.75 Å². The zero-order chi connectivity index (χ0) is 19.0. The van der Waals surface area contributed by atoms with Gasteiger partial charge in [0.1, 0.15) is 11.4 Å². The standard InChI is InChI=1S/C19H14ClN3O3S/c1-10-21-17(18(27-10)11-2-4-12(20)5-3-11)19(25)22-13-6-7-14-15(8-13)26-9-16(24)23-14/h2-8H,9H2,1H3,(H,22,25)(H,23,24). The molecular weight excluding hydrogens is 386 g/mol. The van der Waals surface area contributed by atoms with E-state index in [4.69, 9.17) is 16.3 Å². The Hall–Kier alpha value is -2.90. The summed E-state index contributed by atoms with van der Waals surface area (Å²) in [5.41, 5.74) is 2.37. The van der Waals surface area contributed by atoms with Gasteiger partial charge in [-0.25, -0.2) is 4.98 Å². The number of thiazole rings is 1. The summed E-state index contributed by atoms with van der Waals surface area (Å²) in [6.07, 6.45) is 0. The molecule has 136 valence electrons. The summed E-state index contributed by atoms with van der Waals surface area (Å²) in [7, 11) is 0. The first kappa shape index (κ1) is 17.5. The minimum absolute atomic E-state index is 0.0452.